The van der Waals surface area contributed by atoms with Crippen molar-refractivity contribution in [1.82, 2.24) is 25.2 Å². The SMILES string of the molecule is CN(C)CCOc1cccc(-c2nccc3cnc(Nc4ccc(N5CCNCC5)cc4)nc23)c1. The van der Waals surface area contributed by atoms with Crippen LogP contribution in [0.25, 0.3) is 22.2 Å². The lowest BCUT2D eigenvalue weighted by Crippen LogP contribution is -2.43. The topological polar surface area (TPSA) is 78.4 Å². The molecular formula is C27H31N7O. The number of pyridine rings is 1. The molecule has 1 fully saturated rings. The van der Waals surface area contributed by atoms with Gasteiger partial charge in [-0.05, 0) is 56.6 Å². The Morgan fingerprint density at radius 2 is 1.86 bits per heavy atom. The first kappa shape index (κ1) is 23.0. The monoisotopic (exact) mass is 469 g/mol. The molecule has 0 amide bonds. The zero-order valence-electron chi connectivity index (χ0n) is 20.2. The molecule has 2 N–H and O–H groups in total. The Kier molecular flexibility index (Phi) is 7.02. The first-order valence-corrected chi connectivity index (χ1v) is 12.0. The van der Waals surface area contributed by atoms with Crippen LogP contribution in [0, 0.1) is 0 Å². The number of hydrogen-bond donors (Lipinski definition) is 2. The van der Waals surface area contributed by atoms with Crippen molar-refractivity contribution in [1.29, 1.82) is 0 Å². The average molecular weight is 470 g/mol. The van der Waals surface area contributed by atoms with E-state index in [-0.39, 0.29) is 0 Å². The minimum absolute atomic E-state index is 0.542. The molecule has 2 aromatic heterocycles. The number of nitrogens with one attached hydrogen (secondary N) is 2. The number of rotatable bonds is 8. The Morgan fingerprint density at radius 3 is 2.66 bits per heavy atom. The number of nitrogens with zero attached hydrogens (tertiary/aromatic N) is 5. The number of ether oxygens (including phenoxy) is 1. The number of fused-ring (bicyclic) bond motifs is 1. The normalized spacial score (nSPS) is 13.9. The number of hydrogen-bond acceptors (Lipinski definition) is 8. The van der Waals surface area contributed by atoms with E-state index in [9.17, 15) is 0 Å². The summed E-state index contributed by atoms with van der Waals surface area (Å²) in [5.74, 6) is 1.36. The van der Waals surface area contributed by atoms with Crippen molar-refractivity contribution >= 4 is 28.2 Å². The van der Waals surface area contributed by atoms with Gasteiger partial charge in [0.05, 0.1) is 5.69 Å². The maximum absolute atomic E-state index is 5.93. The van der Waals surface area contributed by atoms with Crippen molar-refractivity contribution < 1.29 is 4.74 Å². The molecule has 2 aromatic carbocycles. The Labute approximate surface area is 206 Å². The van der Waals surface area contributed by atoms with Crippen molar-refractivity contribution in [3.63, 3.8) is 0 Å². The van der Waals surface area contributed by atoms with Crippen LogP contribution in [-0.4, -0.2) is 73.3 Å². The van der Waals surface area contributed by atoms with Crippen LogP contribution in [-0.2, 0) is 0 Å². The number of anilines is 3. The maximum Gasteiger partial charge on any atom is 0.227 e. The molecular weight excluding hydrogens is 438 g/mol. The highest BCUT2D eigenvalue weighted by Crippen LogP contribution is 2.29. The third-order valence-electron chi connectivity index (χ3n) is 6.02. The zero-order valence-corrected chi connectivity index (χ0v) is 20.2. The quantitative estimate of drug-likeness (QED) is 0.404. The molecule has 0 bridgehead atoms. The Hall–Kier alpha value is -3.75. The van der Waals surface area contributed by atoms with Gasteiger partial charge < -0.3 is 25.2 Å². The van der Waals surface area contributed by atoms with Crippen molar-refractivity contribution in [2.24, 2.45) is 0 Å². The second kappa shape index (κ2) is 10.7. The van der Waals surface area contributed by atoms with Gasteiger partial charge in [-0.15, -0.1) is 0 Å². The molecule has 5 rings (SSSR count). The summed E-state index contributed by atoms with van der Waals surface area (Å²) in [5.41, 5.74) is 4.75. The van der Waals surface area contributed by atoms with Crippen molar-refractivity contribution in [3.05, 3.63) is 67.0 Å². The van der Waals surface area contributed by atoms with E-state index in [4.69, 9.17) is 9.72 Å². The minimum atomic E-state index is 0.542. The number of piperazine rings is 1. The minimum Gasteiger partial charge on any atom is -0.492 e. The molecule has 0 unspecified atom stereocenters. The molecule has 1 saturated heterocycles. The van der Waals surface area contributed by atoms with Crippen LogP contribution in [0.1, 0.15) is 0 Å². The van der Waals surface area contributed by atoms with Crippen LogP contribution in [0.4, 0.5) is 17.3 Å². The van der Waals surface area contributed by atoms with Crippen LogP contribution < -0.4 is 20.3 Å². The third kappa shape index (κ3) is 5.67. The van der Waals surface area contributed by atoms with E-state index in [0.29, 0.717) is 12.6 Å². The van der Waals surface area contributed by atoms with Gasteiger partial charge in [-0.25, -0.2) is 9.97 Å². The van der Waals surface area contributed by atoms with Gasteiger partial charge in [-0.2, -0.15) is 0 Å². The van der Waals surface area contributed by atoms with Gasteiger partial charge in [0.25, 0.3) is 0 Å². The first-order valence-electron chi connectivity index (χ1n) is 12.0. The molecule has 180 valence electrons. The van der Waals surface area contributed by atoms with Gasteiger partial charge in [-0.1, -0.05) is 12.1 Å². The van der Waals surface area contributed by atoms with Crippen LogP contribution >= 0.6 is 0 Å². The van der Waals surface area contributed by atoms with Crippen molar-refractivity contribution in [2.45, 2.75) is 0 Å². The summed E-state index contributed by atoms with van der Waals surface area (Å²) in [4.78, 5) is 18.5. The summed E-state index contributed by atoms with van der Waals surface area (Å²) in [7, 11) is 4.07. The second-order valence-corrected chi connectivity index (χ2v) is 8.88. The lowest BCUT2D eigenvalue weighted by atomic mass is 10.1. The predicted molar refractivity (Wildman–Crippen MR) is 142 cm³/mol. The van der Waals surface area contributed by atoms with Gasteiger partial charge >= 0.3 is 0 Å². The van der Waals surface area contributed by atoms with E-state index in [1.165, 1.54) is 5.69 Å². The summed E-state index contributed by atoms with van der Waals surface area (Å²) in [5, 5.41) is 7.67. The van der Waals surface area contributed by atoms with E-state index in [1.54, 1.807) is 6.20 Å². The summed E-state index contributed by atoms with van der Waals surface area (Å²) in [6.07, 6.45) is 3.63. The average Bonchev–Trinajstić information content (AvgIpc) is 2.89. The molecule has 1 aliphatic heterocycles. The van der Waals surface area contributed by atoms with Crippen molar-refractivity contribution in [3.8, 4) is 17.0 Å². The first-order chi connectivity index (χ1) is 17.2. The smallest absolute Gasteiger partial charge is 0.227 e. The Bertz CT molecular complexity index is 1270. The highest BCUT2D eigenvalue weighted by atomic mass is 16.5. The van der Waals surface area contributed by atoms with Crippen LogP contribution in [0.2, 0.25) is 0 Å². The summed E-state index contributed by atoms with van der Waals surface area (Å²) >= 11 is 0. The van der Waals surface area contributed by atoms with Crippen LogP contribution in [0.3, 0.4) is 0 Å². The molecule has 8 heteroatoms. The van der Waals surface area contributed by atoms with E-state index < -0.39 is 0 Å². The maximum atomic E-state index is 5.93. The highest BCUT2D eigenvalue weighted by molar-refractivity contribution is 5.91. The van der Waals surface area contributed by atoms with Gasteiger partial charge in [0.2, 0.25) is 5.95 Å². The molecule has 0 spiro atoms. The van der Waals surface area contributed by atoms with Crippen LogP contribution in [0.5, 0.6) is 5.75 Å². The van der Waals surface area contributed by atoms with Crippen LogP contribution in [0.15, 0.2) is 67.0 Å². The summed E-state index contributed by atoms with van der Waals surface area (Å²) in [6.45, 7) is 5.58. The molecule has 0 aliphatic carbocycles. The molecule has 4 aromatic rings. The van der Waals surface area contributed by atoms with Gasteiger partial charge in [0, 0.05) is 67.4 Å². The molecule has 8 nitrogen and oxygen atoms in total. The Balaban J connectivity index is 1.37. The summed E-state index contributed by atoms with van der Waals surface area (Å²) < 4.78 is 5.93. The predicted octanol–water partition coefficient (Wildman–Crippen LogP) is 3.79. The molecule has 35 heavy (non-hydrogen) atoms. The van der Waals surface area contributed by atoms with E-state index in [2.05, 4.69) is 54.7 Å². The standard InChI is InChI=1S/C27H31N7O/c1-33(2)16-17-35-24-5-3-4-20(18-24)25-26-21(10-11-29-25)19-30-27(32-26)31-22-6-8-23(9-7-22)34-14-12-28-13-15-34/h3-11,18-19,28H,12-17H2,1-2H3,(H,30,31,32). The molecule has 0 atom stereocenters. The number of likely N-dealkylation sites (N-methyl/N-ethyl adjacent to an activating group) is 1. The number of benzene rings is 2. The fourth-order valence-corrected chi connectivity index (χ4v) is 4.11. The second-order valence-electron chi connectivity index (χ2n) is 8.88. The van der Waals surface area contributed by atoms with E-state index in [1.807, 2.05) is 50.6 Å². The van der Waals surface area contributed by atoms with Gasteiger partial charge in [-0.3, -0.25) is 4.98 Å². The van der Waals surface area contributed by atoms with Gasteiger partial charge in [0.1, 0.15) is 17.9 Å². The number of aromatic nitrogens is 3. The molecule has 0 saturated carbocycles. The Morgan fingerprint density at radius 1 is 1.03 bits per heavy atom. The zero-order chi connectivity index (χ0) is 24.0. The van der Waals surface area contributed by atoms with E-state index >= 15 is 0 Å². The lowest BCUT2D eigenvalue weighted by Gasteiger charge is -2.29. The summed E-state index contributed by atoms with van der Waals surface area (Å²) in [6, 6.07) is 18.4. The van der Waals surface area contributed by atoms with E-state index in [0.717, 1.165) is 66.3 Å². The fraction of sp³-hybridized carbons (Fsp3) is 0.296. The largest absolute Gasteiger partial charge is 0.492 e. The van der Waals surface area contributed by atoms with Crippen molar-refractivity contribution in [2.75, 3.05) is 63.6 Å². The fourth-order valence-electron chi connectivity index (χ4n) is 4.11. The third-order valence-corrected chi connectivity index (χ3v) is 6.02. The highest BCUT2D eigenvalue weighted by Gasteiger charge is 2.12. The molecule has 3 heterocycles. The van der Waals surface area contributed by atoms with Gasteiger partial charge in [0.15, 0.2) is 0 Å². The molecule has 0 radical (unpaired) electrons. The molecule has 1 aliphatic rings. The lowest BCUT2D eigenvalue weighted by molar-refractivity contribution is 0.261.